The van der Waals surface area contributed by atoms with Crippen molar-refractivity contribution >= 4 is 80.4 Å². The van der Waals surface area contributed by atoms with Crippen LogP contribution >= 0.6 is 0 Å². The number of aromatic nitrogens is 4. The number of piperazine rings is 2. The van der Waals surface area contributed by atoms with Gasteiger partial charge in [-0.15, -0.1) is 0 Å². The molecule has 1 saturated carbocycles. The minimum absolute atomic E-state index is 0.0134. The van der Waals surface area contributed by atoms with Crippen LogP contribution in [0.4, 0.5) is 25.8 Å². The van der Waals surface area contributed by atoms with Crippen molar-refractivity contribution in [2.45, 2.75) is 130 Å². The summed E-state index contributed by atoms with van der Waals surface area (Å²) in [5.41, 5.74) is 10.8. The first-order chi connectivity index (χ1) is 50.1. The van der Waals surface area contributed by atoms with Gasteiger partial charge in [0.15, 0.2) is 17.4 Å². The second-order valence-corrected chi connectivity index (χ2v) is 27.1. The molecule has 0 radical (unpaired) electrons. The van der Waals surface area contributed by atoms with E-state index in [1.807, 2.05) is 26.3 Å². The number of esters is 1. The summed E-state index contributed by atoms with van der Waals surface area (Å²) in [6.07, 6.45) is 14.7. The van der Waals surface area contributed by atoms with Crippen LogP contribution in [-0.2, 0) is 23.8 Å². The Kier molecular flexibility index (Phi) is 26.3. The minimum Gasteiger partial charge on any atom is -0.507 e. The topological polar surface area (TPSA) is 458 Å². The molecular formula is C73H92F2N14O17. The monoisotopic (exact) mass is 1470 g/mol. The van der Waals surface area contributed by atoms with Crippen molar-refractivity contribution in [2.75, 3.05) is 69.4 Å². The number of phenolic OH excluding ortho intramolecular Hbond substituents is 3. The highest BCUT2D eigenvalue weighted by atomic mass is 19.1. The smallest absolute Gasteiger partial charge is 0.341 e. The third-order valence-electron chi connectivity index (χ3n) is 19.2. The van der Waals surface area contributed by atoms with Crippen molar-refractivity contribution in [3.63, 3.8) is 0 Å². The standard InChI is InChI=1S/C43H58N4O12.C19H22F2N4O3.C6H7N3O.C5H5N3O/c1-21-12-11-13-22(2)42(55)45-33-28(20-44-47-17-15-46(9)16-18-47)37(52)30-31(38(33)53)36(51)26(6)40-32(30)41(54)43(8,59-40)57-19-14-29(56-10)23(3)39(58-27(7)48)25(5)35(50)24(4)34(21)49;1-8-5-24(6-9(2)23-8)17-13(20)15(22)12-16(14(17)21)25(10-3-4-10)7-11(18(12)26)19(27)28;7-9-6(10)5-1-3-8-4-2-5;6-5(9)4-3-7-1-2-8-4/h11-14,19-21,23-25,29,34-35,39,49-53H,15-18H2,1-10H3,(H,45,55);7-10,23H,3-6,22H2,1-2H3,(H,27,28);1-4H,7H2,(H,9,10);1-3H,(H2,6,9)/b12-11+,19-14+,22-13-,44-20+;;;/t21-,23+,24+,25+,29-,34-,35+,39+,43-;8-,9+;;/m0.../s1. The quantitative estimate of drug-likeness (QED) is 0.0121. The van der Waals surface area contributed by atoms with Gasteiger partial charge in [-0.05, 0) is 65.8 Å². The number of nitrogens with one attached hydrogen (secondary N) is 3. The minimum atomic E-state index is -2.04. The number of hydrazine groups is 1. The van der Waals surface area contributed by atoms with E-state index < -0.39 is 134 Å². The molecule has 31 nitrogen and oxygen atoms in total. The molecule has 1 aliphatic carbocycles. The van der Waals surface area contributed by atoms with Crippen LogP contribution in [0.2, 0.25) is 0 Å². The van der Waals surface area contributed by atoms with Crippen LogP contribution in [0.25, 0.3) is 21.7 Å². The van der Waals surface area contributed by atoms with E-state index in [0.29, 0.717) is 31.7 Å². The molecule has 3 fully saturated rings. The Balaban J connectivity index is 0.000000243. The Labute approximate surface area is 609 Å². The predicted molar refractivity (Wildman–Crippen MR) is 389 cm³/mol. The first-order valence-electron chi connectivity index (χ1n) is 34.2. The first kappa shape index (κ1) is 81.0. The fourth-order valence-corrected chi connectivity index (χ4v) is 13.1. The van der Waals surface area contributed by atoms with E-state index in [1.54, 1.807) is 61.9 Å². The number of nitrogen functional groups attached to an aromatic ring is 2. The van der Waals surface area contributed by atoms with Gasteiger partial charge in [-0.2, -0.15) is 5.10 Å². The number of carboxylic acid groups (broad SMARTS) is 1. The number of halogens is 2. The SMILES string of the molecule is CO[C@H]1/C=C/O[C@@]2(C)Oc3c(C)c(O)c4c(O)c(c(/C=N/N5CCN(C)CC5)c(O)c4c3C2=O)NC(=O)/C(C)=C\C=C\[C@H](C)[C@H](O)[C@@H](C)[C@@H](O)[C@@H](C)[C@H](OC(C)=O)[C@@H]1C.C[C@@H]1CN(c2c(F)c(N)c3c(=O)c(C(=O)O)cn(C4CC4)c3c2F)C[C@H](C)N1.NC(=O)c1cnccn1.NNC(=O)c1ccncc1. The second-order valence-electron chi connectivity index (χ2n) is 27.1. The van der Waals surface area contributed by atoms with Gasteiger partial charge in [-0.25, -0.2) is 24.4 Å². The van der Waals surface area contributed by atoms with Crippen molar-refractivity contribution in [3.8, 4) is 23.0 Å². The maximum Gasteiger partial charge on any atom is 0.341 e. The number of hydrazone groups is 1. The largest absolute Gasteiger partial charge is 0.507 e. The number of aliphatic hydroxyl groups excluding tert-OH is 2. The number of ether oxygens (including phenoxy) is 4. The summed E-state index contributed by atoms with van der Waals surface area (Å²) in [6, 6.07) is 3.07. The van der Waals surface area contributed by atoms with Gasteiger partial charge in [-0.1, -0.05) is 45.9 Å². The van der Waals surface area contributed by atoms with E-state index in [1.165, 1.54) is 95.0 Å². The molecule has 12 rings (SSSR count). The van der Waals surface area contributed by atoms with E-state index in [0.717, 1.165) is 32.1 Å². The summed E-state index contributed by atoms with van der Waals surface area (Å²) in [5.74, 6) is -7.65. The number of aliphatic hydroxyl groups is 2. The summed E-state index contributed by atoms with van der Waals surface area (Å²) in [7, 11) is 3.42. The van der Waals surface area contributed by atoms with Crippen molar-refractivity contribution in [1.82, 2.24) is 40.2 Å². The number of methoxy groups -OCH3 is 1. The van der Waals surface area contributed by atoms with Crippen LogP contribution in [-0.4, -0.2) is 197 Å². The van der Waals surface area contributed by atoms with Gasteiger partial charge < -0.3 is 86.1 Å². The maximum atomic E-state index is 15.6. The van der Waals surface area contributed by atoms with Crippen LogP contribution in [0, 0.1) is 42.2 Å². The number of carbonyl (C=O) groups excluding carboxylic acids is 5. The number of rotatable bonds is 9. The Morgan fingerprint density at radius 2 is 1.50 bits per heavy atom. The fourth-order valence-electron chi connectivity index (χ4n) is 13.1. The molecule has 2 saturated heterocycles. The van der Waals surface area contributed by atoms with Gasteiger partial charge >= 0.3 is 17.7 Å². The lowest BCUT2D eigenvalue weighted by Gasteiger charge is -2.38. The molecule has 15 N–H and O–H groups in total. The van der Waals surface area contributed by atoms with E-state index in [9.17, 15) is 64.2 Å². The first-order valence-corrected chi connectivity index (χ1v) is 34.2. The highest BCUT2D eigenvalue weighted by Crippen LogP contribution is 2.55. The van der Waals surface area contributed by atoms with Crippen molar-refractivity contribution < 1.29 is 87.1 Å². The fraction of sp³-hybridized carbons (Fsp3) is 0.438. The van der Waals surface area contributed by atoms with Crippen LogP contribution in [0.3, 0.4) is 0 Å². The molecule has 3 aromatic heterocycles. The molecule has 0 unspecified atom stereocenters. The van der Waals surface area contributed by atoms with Crippen LogP contribution in [0.5, 0.6) is 23.0 Å². The summed E-state index contributed by atoms with van der Waals surface area (Å²) in [6.45, 7) is 19.7. The zero-order valence-electron chi connectivity index (χ0n) is 60.8. The van der Waals surface area contributed by atoms with Gasteiger partial charge in [0.1, 0.15) is 40.3 Å². The average Bonchev–Trinajstić information content (AvgIpc) is 1.35. The normalized spacial score (nSPS) is 25.4. The van der Waals surface area contributed by atoms with Gasteiger partial charge in [0.25, 0.3) is 23.5 Å². The molecule has 570 valence electrons. The number of primary amides is 1. The number of pyridine rings is 2. The van der Waals surface area contributed by atoms with Gasteiger partial charge in [0.05, 0.1) is 75.8 Å². The van der Waals surface area contributed by atoms with Crippen molar-refractivity contribution in [2.24, 2.45) is 40.3 Å². The Morgan fingerprint density at radius 3 is 2.07 bits per heavy atom. The lowest BCUT2D eigenvalue weighted by Crippen LogP contribution is -2.54. The summed E-state index contributed by atoms with van der Waals surface area (Å²) in [5, 5.41) is 79.1. The van der Waals surface area contributed by atoms with E-state index in [4.69, 9.17) is 36.3 Å². The number of Topliss-reactive ketones (excluding diaryl/α,β-unsaturated/α-hetero) is 1. The zero-order chi connectivity index (χ0) is 78.1. The average molecular weight is 1480 g/mol. The molecule has 3 amide bonds. The molecule has 3 aromatic carbocycles. The van der Waals surface area contributed by atoms with E-state index in [-0.39, 0.29) is 85.4 Å². The molecule has 106 heavy (non-hydrogen) atoms. The number of aromatic carboxylic acids is 1. The van der Waals surface area contributed by atoms with Crippen LogP contribution in [0.15, 0.2) is 95.3 Å². The van der Waals surface area contributed by atoms with Gasteiger partial charge in [0, 0.05) is 155 Å². The van der Waals surface area contributed by atoms with Crippen LogP contribution in [0.1, 0.15) is 134 Å². The molecule has 11 atom stereocenters. The summed E-state index contributed by atoms with van der Waals surface area (Å²) in [4.78, 5) is 100. The number of allylic oxidation sites excluding steroid dienone is 2. The van der Waals surface area contributed by atoms with Crippen molar-refractivity contribution in [3.05, 3.63) is 141 Å². The number of fused-ring (bicyclic) bond motifs is 15. The number of amides is 3. The highest BCUT2D eigenvalue weighted by molar-refractivity contribution is 6.24. The summed E-state index contributed by atoms with van der Waals surface area (Å²) < 4.78 is 55.8. The van der Waals surface area contributed by atoms with E-state index >= 15 is 8.78 Å². The molecule has 0 spiro atoms. The molecule has 8 heterocycles. The lowest BCUT2D eigenvalue weighted by molar-refractivity contribution is -0.160. The summed E-state index contributed by atoms with van der Waals surface area (Å²) >= 11 is 0. The lowest BCUT2D eigenvalue weighted by atomic mass is 9.78. The molecule has 33 heteroatoms. The van der Waals surface area contributed by atoms with Crippen LogP contribution < -0.4 is 48.4 Å². The second kappa shape index (κ2) is 34.5. The molecule has 5 bridgehead atoms. The third kappa shape index (κ3) is 17.8. The molecule has 6 aliphatic rings. The number of carbonyl (C=O) groups is 6. The molecule has 6 aromatic rings. The number of hydrogen-bond donors (Lipinski definition) is 12. The number of anilines is 3. The zero-order valence-corrected chi connectivity index (χ0v) is 60.8. The number of ketones is 1. The number of likely N-dealkylation sites (N-methyl/N-ethyl adjacent to an activating group) is 1. The Morgan fingerprint density at radius 1 is 0.849 bits per heavy atom. The van der Waals surface area contributed by atoms with Gasteiger partial charge in [-0.3, -0.25) is 49.2 Å². The number of benzene rings is 3. The number of aromatic hydroxyl groups is 3. The number of carboxylic acids is 1. The highest BCUT2D eigenvalue weighted by Gasteiger charge is 2.50. The number of phenols is 3. The number of nitrogens with two attached hydrogens (primary N) is 3. The Bertz CT molecular complexity index is 4470. The molecule has 5 aliphatic heterocycles. The number of nitrogens with zero attached hydrogens (tertiary/aromatic N) is 8. The third-order valence-corrected chi connectivity index (χ3v) is 19.2. The Hall–Kier alpha value is -10.7. The van der Waals surface area contributed by atoms with E-state index in [2.05, 4.69) is 35.6 Å². The maximum absolute atomic E-state index is 15.6. The predicted octanol–water partition coefficient (Wildman–Crippen LogP) is 5.68. The number of hydrogen-bond acceptors (Lipinski definition) is 26. The van der Waals surface area contributed by atoms with Gasteiger partial charge in [0.2, 0.25) is 5.43 Å². The molecular weight excluding hydrogens is 1380 g/mol. The van der Waals surface area contributed by atoms with Crippen molar-refractivity contribution in [1.29, 1.82) is 0 Å².